The molecule has 4 nitrogen and oxygen atoms in total. The third-order valence-electron chi connectivity index (χ3n) is 3.16. The van der Waals surface area contributed by atoms with Crippen molar-refractivity contribution >= 4 is 6.09 Å². The quantitative estimate of drug-likeness (QED) is 0.894. The Bertz CT molecular complexity index is 380. The van der Waals surface area contributed by atoms with Crippen molar-refractivity contribution in [3.05, 3.63) is 35.9 Å². The predicted molar refractivity (Wildman–Crippen MR) is 68.2 cm³/mol. The first-order valence-electron chi connectivity index (χ1n) is 6.30. The summed E-state index contributed by atoms with van der Waals surface area (Å²) < 4.78 is 10.5. The molecule has 0 spiro atoms. The lowest BCUT2D eigenvalue weighted by atomic mass is 9.98. The lowest BCUT2D eigenvalue weighted by molar-refractivity contribution is 0.0366. The Hall–Kier alpha value is -1.55. The van der Waals surface area contributed by atoms with Gasteiger partial charge in [-0.2, -0.15) is 0 Å². The van der Waals surface area contributed by atoms with E-state index in [2.05, 4.69) is 12.2 Å². The molecular formula is C14H19NO3. The molecule has 0 radical (unpaired) electrons. The molecule has 1 aromatic rings. The summed E-state index contributed by atoms with van der Waals surface area (Å²) in [5.74, 6) is 0.336. The maximum absolute atomic E-state index is 11.7. The topological polar surface area (TPSA) is 47.6 Å². The summed E-state index contributed by atoms with van der Waals surface area (Å²) in [6.07, 6.45) is 0.499. The van der Waals surface area contributed by atoms with E-state index >= 15 is 0 Å². The highest BCUT2D eigenvalue weighted by atomic mass is 16.5. The van der Waals surface area contributed by atoms with Crippen molar-refractivity contribution in [2.24, 2.45) is 5.92 Å². The molecule has 2 atom stereocenters. The molecule has 2 rings (SSSR count). The molecule has 0 unspecified atom stereocenters. The van der Waals surface area contributed by atoms with Crippen LogP contribution in [0.3, 0.4) is 0 Å². The number of rotatable bonds is 3. The highest BCUT2D eigenvalue weighted by molar-refractivity contribution is 5.67. The molecule has 0 saturated carbocycles. The minimum absolute atomic E-state index is 0.155. The lowest BCUT2D eigenvalue weighted by Gasteiger charge is -2.29. The number of nitrogens with one attached hydrogen (secondary N) is 1. The molecule has 1 amide bonds. The molecule has 98 valence electrons. The van der Waals surface area contributed by atoms with Gasteiger partial charge in [0.25, 0.3) is 0 Å². The van der Waals surface area contributed by atoms with Gasteiger partial charge in [-0.25, -0.2) is 4.79 Å². The Morgan fingerprint density at radius 3 is 2.94 bits per heavy atom. The minimum Gasteiger partial charge on any atom is -0.445 e. The highest BCUT2D eigenvalue weighted by Gasteiger charge is 2.23. The average Bonchev–Trinajstić information content (AvgIpc) is 2.40. The van der Waals surface area contributed by atoms with Crippen LogP contribution in [0.5, 0.6) is 0 Å². The van der Waals surface area contributed by atoms with Gasteiger partial charge in [0.2, 0.25) is 0 Å². The Labute approximate surface area is 107 Å². The van der Waals surface area contributed by atoms with Gasteiger partial charge in [-0.15, -0.1) is 0 Å². The fourth-order valence-corrected chi connectivity index (χ4v) is 2.01. The van der Waals surface area contributed by atoms with E-state index in [1.165, 1.54) is 0 Å². The van der Waals surface area contributed by atoms with Crippen LogP contribution in [0, 0.1) is 5.92 Å². The molecule has 18 heavy (non-hydrogen) atoms. The molecule has 0 aliphatic carbocycles. The summed E-state index contributed by atoms with van der Waals surface area (Å²) >= 11 is 0. The smallest absolute Gasteiger partial charge is 0.407 e. The summed E-state index contributed by atoms with van der Waals surface area (Å²) in [5.41, 5.74) is 0.993. The number of benzene rings is 1. The second kappa shape index (κ2) is 6.40. The number of hydrogen-bond donors (Lipinski definition) is 1. The number of carbonyl (C=O) groups is 1. The van der Waals surface area contributed by atoms with E-state index in [1.54, 1.807) is 0 Å². The van der Waals surface area contributed by atoms with Crippen molar-refractivity contribution in [3.8, 4) is 0 Å². The monoisotopic (exact) mass is 249 g/mol. The van der Waals surface area contributed by atoms with E-state index in [0.29, 0.717) is 25.7 Å². The molecule has 1 heterocycles. The number of carbonyl (C=O) groups excluding carboxylic acids is 1. The van der Waals surface area contributed by atoms with Crippen LogP contribution in [0.4, 0.5) is 4.79 Å². The fourth-order valence-electron chi connectivity index (χ4n) is 2.01. The van der Waals surface area contributed by atoms with E-state index in [4.69, 9.17) is 9.47 Å². The molecule has 4 heteroatoms. The molecular weight excluding hydrogens is 230 g/mol. The van der Waals surface area contributed by atoms with Crippen molar-refractivity contribution in [3.63, 3.8) is 0 Å². The van der Waals surface area contributed by atoms with Gasteiger partial charge in [0, 0.05) is 12.6 Å². The standard InChI is InChI=1S/C14H19NO3/c1-11-9-17-8-7-13(11)15-14(16)18-10-12-5-3-2-4-6-12/h2-6,11,13H,7-10H2,1H3,(H,15,16)/t11-,13-/m0/s1. The maximum atomic E-state index is 11.7. The Morgan fingerprint density at radius 1 is 1.44 bits per heavy atom. The molecule has 0 aromatic heterocycles. The Morgan fingerprint density at radius 2 is 2.22 bits per heavy atom. The van der Waals surface area contributed by atoms with Crippen LogP contribution in [-0.2, 0) is 16.1 Å². The number of hydrogen-bond acceptors (Lipinski definition) is 3. The van der Waals surface area contributed by atoms with E-state index in [9.17, 15) is 4.79 Å². The van der Waals surface area contributed by atoms with Gasteiger partial charge in [0.15, 0.2) is 0 Å². The molecule has 1 fully saturated rings. The zero-order valence-electron chi connectivity index (χ0n) is 10.6. The predicted octanol–water partition coefficient (Wildman–Crippen LogP) is 2.34. The lowest BCUT2D eigenvalue weighted by Crippen LogP contribution is -2.44. The van der Waals surface area contributed by atoms with Crippen LogP contribution in [0.15, 0.2) is 30.3 Å². The molecule has 0 bridgehead atoms. The van der Waals surface area contributed by atoms with Crippen LogP contribution >= 0.6 is 0 Å². The second-order valence-corrected chi connectivity index (χ2v) is 4.65. The van der Waals surface area contributed by atoms with Crippen LogP contribution in [-0.4, -0.2) is 25.3 Å². The summed E-state index contributed by atoms with van der Waals surface area (Å²) in [4.78, 5) is 11.7. The zero-order valence-corrected chi connectivity index (χ0v) is 10.6. The number of ether oxygens (including phenoxy) is 2. The molecule has 1 N–H and O–H groups in total. The summed E-state index contributed by atoms with van der Waals surface area (Å²) in [5, 5.41) is 2.90. The van der Waals surface area contributed by atoms with Gasteiger partial charge in [-0.05, 0) is 17.9 Å². The van der Waals surface area contributed by atoms with Crippen LogP contribution < -0.4 is 5.32 Å². The third-order valence-corrected chi connectivity index (χ3v) is 3.16. The van der Waals surface area contributed by atoms with Gasteiger partial charge in [0.05, 0.1) is 6.61 Å². The molecule has 1 aliphatic rings. The van der Waals surface area contributed by atoms with Crippen molar-refractivity contribution in [1.29, 1.82) is 0 Å². The van der Waals surface area contributed by atoms with Crippen molar-refractivity contribution in [2.45, 2.75) is 26.0 Å². The highest BCUT2D eigenvalue weighted by Crippen LogP contribution is 2.14. The third kappa shape index (κ3) is 3.74. The van der Waals surface area contributed by atoms with Gasteiger partial charge in [-0.3, -0.25) is 0 Å². The normalized spacial score (nSPS) is 23.4. The van der Waals surface area contributed by atoms with Crippen molar-refractivity contribution in [1.82, 2.24) is 5.32 Å². The molecule has 1 saturated heterocycles. The van der Waals surface area contributed by atoms with Crippen LogP contribution in [0.25, 0.3) is 0 Å². The van der Waals surface area contributed by atoms with Crippen molar-refractivity contribution in [2.75, 3.05) is 13.2 Å². The van der Waals surface area contributed by atoms with E-state index in [-0.39, 0.29) is 12.1 Å². The maximum Gasteiger partial charge on any atom is 0.407 e. The zero-order chi connectivity index (χ0) is 12.8. The van der Waals surface area contributed by atoms with Crippen LogP contribution in [0.1, 0.15) is 18.9 Å². The van der Waals surface area contributed by atoms with E-state index in [1.807, 2.05) is 30.3 Å². The minimum atomic E-state index is -0.349. The first kappa shape index (κ1) is 12.9. The largest absolute Gasteiger partial charge is 0.445 e. The second-order valence-electron chi connectivity index (χ2n) is 4.65. The summed E-state index contributed by atoms with van der Waals surface area (Å²) in [7, 11) is 0. The fraction of sp³-hybridized carbons (Fsp3) is 0.500. The molecule has 1 aliphatic heterocycles. The SMILES string of the molecule is C[C@H]1COCC[C@@H]1NC(=O)OCc1ccccc1. The summed E-state index contributed by atoms with van der Waals surface area (Å²) in [6, 6.07) is 9.82. The van der Waals surface area contributed by atoms with Gasteiger partial charge in [-0.1, -0.05) is 37.3 Å². The van der Waals surface area contributed by atoms with Crippen LogP contribution in [0.2, 0.25) is 0 Å². The van der Waals surface area contributed by atoms with E-state index < -0.39 is 0 Å². The first-order chi connectivity index (χ1) is 8.75. The van der Waals surface area contributed by atoms with E-state index in [0.717, 1.165) is 12.0 Å². The Balaban J connectivity index is 1.75. The number of alkyl carbamates (subject to hydrolysis) is 1. The van der Waals surface area contributed by atoms with Gasteiger partial charge < -0.3 is 14.8 Å². The van der Waals surface area contributed by atoms with Crippen molar-refractivity contribution < 1.29 is 14.3 Å². The van der Waals surface area contributed by atoms with Gasteiger partial charge in [0.1, 0.15) is 6.61 Å². The average molecular weight is 249 g/mol. The Kier molecular flexibility index (Phi) is 4.59. The molecule has 1 aromatic carbocycles. The first-order valence-corrected chi connectivity index (χ1v) is 6.30. The number of amides is 1. The van der Waals surface area contributed by atoms with Gasteiger partial charge >= 0.3 is 6.09 Å². The summed E-state index contributed by atoms with van der Waals surface area (Å²) in [6.45, 7) is 3.78.